The van der Waals surface area contributed by atoms with E-state index in [2.05, 4.69) is 15.3 Å². The van der Waals surface area contributed by atoms with Crippen LogP contribution in [0.5, 0.6) is 5.88 Å². The molecule has 24 heavy (non-hydrogen) atoms. The van der Waals surface area contributed by atoms with Crippen LogP contribution in [0.25, 0.3) is 0 Å². The van der Waals surface area contributed by atoms with Crippen molar-refractivity contribution in [2.45, 2.75) is 12.3 Å². The van der Waals surface area contributed by atoms with E-state index in [0.717, 1.165) is 12.0 Å². The van der Waals surface area contributed by atoms with E-state index in [1.54, 1.807) is 4.90 Å². The lowest BCUT2D eigenvalue weighted by Crippen LogP contribution is -2.20. The highest BCUT2D eigenvalue weighted by molar-refractivity contribution is 6.31. The van der Waals surface area contributed by atoms with Crippen molar-refractivity contribution in [3.63, 3.8) is 0 Å². The number of amides is 1. The quantitative estimate of drug-likeness (QED) is 0.901. The van der Waals surface area contributed by atoms with Crippen molar-refractivity contribution in [3.8, 4) is 5.88 Å². The third-order valence-corrected chi connectivity index (χ3v) is 4.43. The first-order valence-electron chi connectivity index (χ1n) is 7.64. The number of nitrogens with zero attached hydrogens (tertiary/aromatic N) is 3. The number of anilines is 2. The zero-order valence-corrected chi connectivity index (χ0v) is 14.5. The van der Waals surface area contributed by atoms with Crippen LogP contribution in [-0.4, -0.2) is 37.1 Å². The topological polar surface area (TPSA) is 67.4 Å². The molecule has 6 nitrogen and oxygen atoms in total. The molecule has 1 saturated carbocycles. The third-order valence-electron chi connectivity index (χ3n) is 4.09. The largest absolute Gasteiger partial charge is 0.479 e. The number of hydrogen-bond donors (Lipinski definition) is 1. The first-order valence-corrected chi connectivity index (χ1v) is 8.02. The molecule has 1 heterocycles. The normalized spacial score (nSPS) is 18.8. The molecule has 1 amide bonds. The summed E-state index contributed by atoms with van der Waals surface area (Å²) in [5.41, 5.74) is 1.50. The molecular weight excluding hydrogens is 328 g/mol. The fraction of sp³-hybridized carbons (Fsp3) is 0.353. The summed E-state index contributed by atoms with van der Waals surface area (Å²) in [6.07, 6.45) is 2.19. The number of hydrogen-bond acceptors (Lipinski definition) is 5. The van der Waals surface area contributed by atoms with Crippen LogP contribution >= 0.6 is 11.6 Å². The molecule has 1 N–H and O–H groups in total. The summed E-state index contributed by atoms with van der Waals surface area (Å²) in [5, 5.41) is 3.62. The first kappa shape index (κ1) is 16.5. The van der Waals surface area contributed by atoms with Crippen molar-refractivity contribution < 1.29 is 9.53 Å². The van der Waals surface area contributed by atoms with Crippen molar-refractivity contribution in [2.24, 2.45) is 5.92 Å². The summed E-state index contributed by atoms with van der Waals surface area (Å²) in [6.45, 7) is 0. The molecule has 2 atom stereocenters. The van der Waals surface area contributed by atoms with Gasteiger partial charge in [-0.3, -0.25) is 4.79 Å². The van der Waals surface area contributed by atoms with Crippen LogP contribution in [-0.2, 0) is 4.79 Å². The molecule has 0 bridgehead atoms. The Morgan fingerprint density at radius 2 is 2.08 bits per heavy atom. The summed E-state index contributed by atoms with van der Waals surface area (Å²) in [5.74, 6) is 0.917. The van der Waals surface area contributed by atoms with Gasteiger partial charge in [0.1, 0.15) is 12.0 Å². The van der Waals surface area contributed by atoms with Gasteiger partial charge < -0.3 is 15.0 Å². The third kappa shape index (κ3) is 3.14. The van der Waals surface area contributed by atoms with Gasteiger partial charge in [-0.25, -0.2) is 4.98 Å². The van der Waals surface area contributed by atoms with Crippen molar-refractivity contribution in [2.75, 3.05) is 31.4 Å². The van der Waals surface area contributed by atoms with Gasteiger partial charge >= 0.3 is 0 Å². The minimum Gasteiger partial charge on any atom is -0.479 e. The van der Waals surface area contributed by atoms with Crippen molar-refractivity contribution in [1.29, 1.82) is 0 Å². The average molecular weight is 347 g/mol. The van der Waals surface area contributed by atoms with Crippen LogP contribution in [0.2, 0.25) is 5.02 Å². The molecule has 0 aliphatic heterocycles. The van der Waals surface area contributed by atoms with E-state index < -0.39 is 0 Å². The number of benzene rings is 1. The fourth-order valence-corrected chi connectivity index (χ4v) is 3.06. The summed E-state index contributed by atoms with van der Waals surface area (Å²) >= 11 is 6.23. The molecule has 2 aromatic rings. The van der Waals surface area contributed by atoms with E-state index in [4.69, 9.17) is 16.3 Å². The minimum absolute atomic E-state index is 0.0730. The summed E-state index contributed by atoms with van der Waals surface area (Å²) < 4.78 is 5.25. The Hall–Kier alpha value is -2.34. The Morgan fingerprint density at radius 3 is 2.75 bits per heavy atom. The van der Waals surface area contributed by atoms with Crippen molar-refractivity contribution >= 4 is 29.0 Å². The zero-order chi connectivity index (χ0) is 17.3. The Balaban J connectivity index is 1.79. The maximum absolute atomic E-state index is 12.6. The summed E-state index contributed by atoms with van der Waals surface area (Å²) in [6, 6.07) is 7.64. The molecule has 1 aliphatic carbocycles. The molecule has 1 aliphatic rings. The van der Waals surface area contributed by atoms with Crippen LogP contribution in [0.4, 0.5) is 11.5 Å². The Kier molecular flexibility index (Phi) is 4.57. The number of rotatable bonds is 5. The summed E-state index contributed by atoms with van der Waals surface area (Å²) in [7, 11) is 5.21. The van der Waals surface area contributed by atoms with E-state index in [0.29, 0.717) is 22.4 Å². The van der Waals surface area contributed by atoms with Gasteiger partial charge in [-0.1, -0.05) is 29.8 Å². The van der Waals surface area contributed by atoms with Crippen LogP contribution in [0, 0.1) is 5.92 Å². The van der Waals surface area contributed by atoms with Gasteiger partial charge in [0.15, 0.2) is 5.82 Å². The number of halogens is 1. The number of carbonyl (C=O) groups is 1. The lowest BCUT2D eigenvalue weighted by atomic mass is 10.1. The van der Waals surface area contributed by atoms with Crippen molar-refractivity contribution in [1.82, 2.24) is 9.97 Å². The predicted molar refractivity (Wildman–Crippen MR) is 93.8 cm³/mol. The lowest BCUT2D eigenvalue weighted by Gasteiger charge is -2.18. The molecule has 0 saturated heterocycles. The molecule has 1 fully saturated rings. The van der Waals surface area contributed by atoms with E-state index in [1.165, 1.54) is 13.4 Å². The molecular formula is C17H19ClN4O2. The van der Waals surface area contributed by atoms with Gasteiger partial charge in [0.2, 0.25) is 11.8 Å². The van der Waals surface area contributed by atoms with Gasteiger partial charge in [-0.05, 0) is 24.0 Å². The molecule has 0 spiro atoms. The van der Waals surface area contributed by atoms with E-state index >= 15 is 0 Å². The number of ether oxygens (including phenoxy) is 1. The monoisotopic (exact) mass is 346 g/mol. The SMILES string of the molecule is COc1ncnc(N(C)C)c1NC(=O)[C@H]1C[C@@H]1c1ccccc1Cl. The van der Waals surface area contributed by atoms with Crippen LogP contribution in [0.15, 0.2) is 30.6 Å². The molecule has 126 valence electrons. The van der Waals surface area contributed by atoms with E-state index in [1.807, 2.05) is 38.4 Å². The second-order valence-electron chi connectivity index (χ2n) is 5.94. The second-order valence-corrected chi connectivity index (χ2v) is 6.34. The Bertz CT molecular complexity index is 766. The lowest BCUT2D eigenvalue weighted by molar-refractivity contribution is -0.117. The second kappa shape index (κ2) is 6.65. The molecule has 0 radical (unpaired) electrons. The minimum atomic E-state index is -0.107. The summed E-state index contributed by atoms with van der Waals surface area (Å²) in [4.78, 5) is 22.7. The van der Waals surface area contributed by atoms with Gasteiger partial charge in [0.05, 0.1) is 7.11 Å². The highest BCUT2D eigenvalue weighted by atomic mass is 35.5. The maximum atomic E-state index is 12.6. The standard InChI is InChI=1S/C17H19ClN4O2/c1-22(2)15-14(17(24-3)20-9-19-15)21-16(23)12-8-11(12)10-6-4-5-7-13(10)18/h4-7,9,11-12H,8H2,1-3H3,(H,21,23)/t11-,12+/m1/s1. The average Bonchev–Trinajstić information content (AvgIpc) is 3.35. The van der Waals surface area contributed by atoms with Gasteiger partial charge in [0.25, 0.3) is 0 Å². The number of methoxy groups -OCH3 is 1. The molecule has 3 rings (SSSR count). The first-order chi connectivity index (χ1) is 11.5. The van der Waals surface area contributed by atoms with Crippen molar-refractivity contribution in [3.05, 3.63) is 41.2 Å². The number of nitrogens with one attached hydrogen (secondary N) is 1. The predicted octanol–water partition coefficient (Wildman–Crippen LogP) is 2.95. The molecule has 7 heteroatoms. The fourth-order valence-electron chi connectivity index (χ4n) is 2.78. The zero-order valence-electron chi connectivity index (χ0n) is 13.8. The Morgan fingerprint density at radius 1 is 1.33 bits per heavy atom. The van der Waals surface area contributed by atoms with Gasteiger partial charge in [0, 0.05) is 25.0 Å². The number of carbonyl (C=O) groups excluding carboxylic acids is 1. The van der Waals surface area contributed by atoms with Crippen LogP contribution in [0.1, 0.15) is 17.9 Å². The molecule has 1 aromatic heterocycles. The van der Waals surface area contributed by atoms with Gasteiger partial charge in [-0.2, -0.15) is 4.98 Å². The highest BCUT2D eigenvalue weighted by Gasteiger charge is 2.45. The van der Waals surface area contributed by atoms with E-state index in [9.17, 15) is 4.79 Å². The van der Waals surface area contributed by atoms with Crippen LogP contribution < -0.4 is 15.0 Å². The molecule has 0 unspecified atom stereocenters. The highest BCUT2D eigenvalue weighted by Crippen LogP contribution is 2.50. The van der Waals surface area contributed by atoms with Crippen LogP contribution in [0.3, 0.4) is 0 Å². The maximum Gasteiger partial charge on any atom is 0.242 e. The Labute approximate surface area is 145 Å². The molecule has 1 aromatic carbocycles. The number of aromatic nitrogens is 2. The van der Waals surface area contributed by atoms with Gasteiger partial charge in [-0.15, -0.1) is 0 Å². The van der Waals surface area contributed by atoms with E-state index in [-0.39, 0.29) is 17.7 Å². The smallest absolute Gasteiger partial charge is 0.242 e.